The fourth-order valence-corrected chi connectivity index (χ4v) is 3.32. The summed E-state index contributed by atoms with van der Waals surface area (Å²) < 4.78 is 5.62. The van der Waals surface area contributed by atoms with E-state index in [1.807, 2.05) is 0 Å². The predicted molar refractivity (Wildman–Crippen MR) is 70.0 cm³/mol. The van der Waals surface area contributed by atoms with Crippen molar-refractivity contribution in [1.82, 2.24) is 4.98 Å². The Labute approximate surface area is 115 Å². The van der Waals surface area contributed by atoms with Crippen LogP contribution in [0.15, 0.2) is 30.6 Å². The average Bonchev–Trinajstić information content (AvgIpc) is 2.71. The summed E-state index contributed by atoms with van der Waals surface area (Å²) in [5.74, 6) is 0.0693. The molecule has 2 aliphatic rings. The van der Waals surface area contributed by atoms with Crippen molar-refractivity contribution in [2.24, 2.45) is 0 Å². The van der Waals surface area contributed by atoms with Crippen molar-refractivity contribution in [2.45, 2.75) is 17.9 Å². The number of aromatic nitrogens is 1. The van der Waals surface area contributed by atoms with E-state index in [9.17, 15) is 15.3 Å². The number of benzene rings is 1. The number of hydrogen-bond acceptors (Lipinski definition) is 5. The topological polar surface area (TPSA) is 82.8 Å². The van der Waals surface area contributed by atoms with Crippen LogP contribution >= 0.6 is 0 Å². The first-order valence-electron chi connectivity index (χ1n) is 6.42. The van der Waals surface area contributed by atoms with E-state index < -0.39 is 5.60 Å². The van der Waals surface area contributed by atoms with Gasteiger partial charge >= 0.3 is 0 Å². The van der Waals surface area contributed by atoms with E-state index in [-0.39, 0.29) is 24.0 Å². The molecule has 1 aliphatic carbocycles. The SMILES string of the molecule is Oc1cc2c(cc1O)[C@@H]1c3cnccc3OC[C@]1(O)C2. The Morgan fingerprint density at radius 2 is 2.00 bits per heavy atom. The van der Waals surface area contributed by atoms with Gasteiger partial charge in [-0.3, -0.25) is 4.98 Å². The Kier molecular flexibility index (Phi) is 2.10. The molecule has 1 aromatic carbocycles. The second kappa shape index (κ2) is 3.64. The van der Waals surface area contributed by atoms with Gasteiger partial charge in [-0.05, 0) is 29.3 Å². The Bertz CT molecular complexity index is 715. The number of pyridine rings is 1. The van der Waals surface area contributed by atoms with Crippen molar-refractivity contribution in [3.05, 3.63) is 47.3 Å². The molecule has 0 unspecified atom stereocenters. The van der Waals surface area contributed by atoms with Crippen LogP contribution in [0.1, 0.15) is 22.6 Å². The zero-order chi connectivity index (χ0) is 13.9. The van der Waals surface area contributed by atoms with E-state index in [1.54, 1.807) is 18.5 Å². The molecule has 0 radical (unpaired) electrons. The maximum absolute atomic E-state index is 10.8. The minimum Gasteiger partial charge on any atom is -0.504 e. The Morgan fingerprint density at radius 1 is 1.20 bits per heavy atom. The summed E-state index contributed by atoms with van der Waals surface area (Å²) in [5, 5.41) is 30.2. The number of phenolic OH excluding ortho intramolecular Hbond substituents is 2. The van der Waals surface area contributed by atoms with Crippen molar-refractivity contribution in [1.29, 1.82) is 0 Å². The Balaban J connectivity index is 1.96. The number of ether oxygens (including phenoxy) is 1. The first-order chi connectivity index (χ1) is 9.58. The van der Waals surface area contributed by atoms with Gasteiger partial charge < -0.3 is 20.1 Å². The first-order valence-corrected chi connectivity index (χ1v) is 6.42. The van der Waals surface area contributed by atoms with Crippen LogP contribution in [0.3, 0.4) is 0 Å². The number of phenols is 2. The number of fused-ring (bicyclic) bond motifs is 5. The maximum atomic E-state index is 10.8. The van der Waals surface area contributed by atoms with E-state index in [1.165, 1.54) is 12.1 Å². The Morgan fingerprint density at radius 3 is 2.85 bits per heavy atom. The normalized spacial score (nSPS) is 26.4. The van der Waals surface area contributed by atoms with Gasteiger partial charge in [0, 0.05) is 30.3 Å². The van der Waals surface area contributed by atoms with E-state index in [0.717, 1.165) is 16.7 Å². The second-order valence-corrected chi connectivity index (χ2v) is 5.46. The molecule has 1 aromatic heterocycles. The molecule has 2 atom stereocenters. The molecule has 2 aromatic rings. The smallest absolute Gasteiger partial charge is 0.157 e. The molecule has 0 bridgehead atoms. The van der Waals surface area contributed by atoms with Gasteiger partial charge in [-0.25, -0.2) is 0 Å². The second-order valence-electron chi connectivity index (χ2n) is 5.46. The zero-order valence-electron chi connectivity index (χ0n) is 10.6. The van der Waals surface area contributed by atoms with E-state index >= 15 is 0 Å². The van der Waals surface area contributed by atoms with Crippen molar-refractivity contribution in [3.8, 4) is 17.2 Å². The lowest BCUT2D eigenvalue weighted by molar-refractivity contribution is -0.0219. The minimum absolute atomic E-state index is 0.168. The maximum Gasteiger partial charge on any atom is 0.157 e. The van der Waals surface area contributed by atoms with Crippen molar-refractivity contribution < 1.29 is 20.1 Å². The summed E-state index contributed by atoms with van der Waals surface area (Å²) in [6, 6.07) is 4.81. The van der Waals surface area contributed by atoms with Crippen LogP contribution in [0.5, 0.6) is 17.2 Å². The third-order valence-electron chi connectivity index (χ3n) is 4.18. The molecular formula is C15H13NO4. The van der Waals surface area contributed by atoms with E-state index in [0.29, 0.717) is 12.2 Å². The summed E-state index contributed by atoms with van der Waals surface area (Å²) in [4.78, 5) is 4.10. The van der Waals surface area contributed by atoms with Crippen LogP contribution in [0, 0.1) is 0 Å². The molecular weight excluding hydrogens is 258 g/mol. The molecule has 5 nitrogen and oxygen atoms in total. The van der Waals surface area contributed by atoms with Crippen LogP contribution in [0.4, 0.5) is 0 Å². The average molecular weight is 271 g/mol. The largest absolute Gasteiger partial charge is 0.504 e. The van der Waals surface area contributed by atoms with Gasteiger partial charge in [-0.15, -0.1) is 0 Å². The van der Waals surface area contributed by atoms with Gasteiger partial charge in [0.05, 0.1) is 0 Å². The monoisotopic (exact) mass is 271 g/mol. The first kappa shape index (κ1) is 11.5. The van der Waals surface area contributed by atoms with Crippen LogP contribution in [-0.4, -0.2) is 32.5 Å². The summed E-state index contributed by atoms with van der Waals surface area (Å²) in [5.41, 5.74) is 1.40. The highest BCUT2D eigenvalue weighted by Gasteiger charge is 2.50. The van der Waals surface area contributed by atoms with E-state index in [4.69, 9.17) is 4.74 Å². The Hall–Kier alpha value is -2.27. The van der Waals surface area contributed by atoms with Gasteiger partial charge in [-0.1, -0.05) is 0 Å². The van der Waals surface area contributed by atoms with E-state index in [2.05, 4.69) is 4.98 Å². The number of hydrogen-bond donors (Lipinski definition) is 3. The summed E-state index contributed by atoms with van der Waals surface area (Å²) in [6.07, 6.45) is 3.71. The number of rotatable bonds is 0. The van der Waals surface area contributed by atoms with Crippen molar-refractivity contribution >= 4 is 0 Å². The molecule has 3 N–H and O–H groups in total. The highest BCUT2D eigenvalue weighted by atomic mass is 16.5. The fourth-order valence-electron chi connectivity index (χ4n) is 3.32. The van der Waals surface area contributed by atoms with Gasteiger partial charge in [0.15, 0.2) is 11.5 Å². The van der Waals surface area contributed by atoms with Crippen molar-refractivity contribution in [2.75, 3.05) is 6.61 Å². The molecule has 0 amide bonds. The van der Waals surface area contributed by atoms with Crippen LogP contribution in [0.25, 0.3) is 0 Å². The van der Waals surface area contributed by atoms with Gasteiger partial charge in [0.2, 0.25) is 0 Å². The van der Waals surface area contributed by atoms with Crippen LogP contribution in [0.2, 0.25) is 0 Å². The number of nitrogens with zero attached hydrogens (tertiary/aromatic N) is 1. The number of aliphatic hydroxyl groups is 1. The van der Waals surface area contributed by atoms with Gasteiger partial charge in [0.1, 0.15) is 18.0 Å². The molecule has 2 heterocycles. The molecule has 102 valence electrons. The highest BCUT2D eigenvalue weighted by molar-refractivity contribution is 5.57. The van der Waals surface area contributed by atoms with Gasteiger partial charge in [-0.2, -0.15) is 0 Å². The quantitative estimate of drug-likeness (QED) is 0.629. The lowest BCUT2D eigenvalue weighted by atomic mass is 9.81. The highest BCUT2D eigenvalue weighted by Crippen LogP contribution is 2.52. The van der Waals surface area contributed by atoms with Crippen molar-refractivity contribution in [3.63, 3.8) is 0 Å². The molecule has 5 heteroatoms. The van der Waals surface area contributed by atoms with Gasteiger partial charge in [0.25, 0.3) is 0 Å². The minimum atomic E-state index is -1.06. The molecule has 0 fully saturated rings. The van der Waals surface area contributed by atoms with Crippen LogP contribution in [-0.2, 0) is 6.42 Å². The molecule has 0 spiro atoms. The summed E-state index contributed by atoms with van der Waals surface area (Å²) in [6.45, 7) is 0.185. The third-order valence-corrected chi connectivity index (χ3v) is 4.18. The standard InChI is InChI=1S/C15H13NO4/c17-11-3-8-5-15(19)7-20-13-1-2-16-6-10(13)14(15)9(8)4-12(11)18/h1-4,6,14,17-19H,5,7H2/t14-,15-/m1/s1. The van der Waals surface area contributed by atoms with Crippen LogP contribution < -0.4 is 4.74 Å². The molecule has 4 rings (SSSR count). The lowest BCUT2D eigenvalue weighted by Crippen LogP contribution is -2.43. The summed E-state index contributed by atoms with van der Waals surface area (Å²) >= 11 is 0. The summed E-state index contributed by atoms with van der Waals surface area (Å²) in [7, 11) is 0. The fraction of sp³-hybridized carbons (Fsp3) is 0.267. The molecule has 0 saturated heterocycles. The molecule has 1 aliphatic heterocycles. The molecule has 20 heavy (non-hydrogen) atoms. The third kappa shape index (κ3) is 1.38. The lowest BCUT2D eigenvalue weighted by Gasteiger charge is -2.36. The predicted octanol–water partition coefficient (Wildman–Crippen LogP) is 1.30. The molecule has 0 saturated carbocycles. The number of aromatic hydroxyl groups is 2. The zero-order valence-corrected chi connectivity index (χ0v) is 10.6.